The molecule has 11 atom stereocenters. The van der Waals surface area contributed by atoms with Gasteiger partial charge in [-0.05, 0) is 12.8 Å². The topological polar surface area (TPSA) is 231 Å². The van der Waals surface area contributed by atoms with Crippen molar-refractivity contribution in [2.45, 2.75) is 210 Å². The number of aliphatic hydroxyl groups excluding tert-OH is 7. The molecular formula is C39H72O15. The highest BCUT2D eigenvalue weighted by molar-refractivity contribution is 5.70. The minimum Gasteiger partial charge on any atom is -0.462 e. The number of rotatable bonds is 30. The van der Waals surface area contributed by atoms with Crippen molar-refractivity contribution in [1.82, 2.24) is 0 Å². The van der Waals surface area contributed by atoms with Gasteiger partial charge in [-0.15, -0.1) is 0 Å². The molecule has 0 unspecified atom stereocenters. The van der Waals surface area contributed by atoms with Gasteiger partial charge in [-0.1, -0.05) is 117 Å². The molecule has 54 heavy (non-hydrogen) atoms. The van der Waals surface area contributed by atoms with Gasteiger partial charge in [0.15, 0.2) is 18.7 Å². The highest BCUT2D eigenvalue weighted by Crippen LogP contribution is 2.26. The molecule has 0 aromatic carbocycles. The lowest BCUT2D eigenvalue weighted by Crippen LogP contribution is -2.61. The molecule has 0 saturated carbocycles. The van der Waals surface area contributed by atoms with Crippen molar-refractivity contribution in [2.75, 3.05) is 26.4 Å². The van der Waals surface area contributed by atoms with Crippen LogP contribution in [0.1, 0.15) is 142 Å². The molecule has 15 nitrogen and oxygen atoms in total. The molecule has 15 heteroatoms. The SMILES string of the molecule is CCCCCCCCCCCC(=O)OC[C@@H](CO[C@@H]1O[C@H](CO[C@H]2O[C@H](CO)[C@H](O)[C@H](O)[C@H]2O)[C@H](O)[C@H](O)[C@H]1O)OC(=O)CCCCCCCCCCC. The summed E-state index contributed by atoms with van der Waals surface area (Å²) in [5.74, 6) is -0.927. The van der Waals surface area contributed by atoms with Crippen LogP contribution in [-0.2, 0) is 38.0 Å². The Morgan fingerprint density at radius 1 is 0.519 bits per heavy atom. The summed E-state index contributed by atoms with van der Waals surface area (Å²) in [6.07, 6.45) is 3.25. The molecule has 2 aliphatic heterocycles. The number of carbonyl (C=O) groups is 2. The predicted octanol–water partition coefficient (Wildman–Crippen LogP) is 2.92. The lowest BCUT2D eigenvalue weighted by molar-refractivity contribution is -0.332. The van der Waals surface area contributed by atoms with Crippen LogP contribution >= 0.6 is 0 Å². The lowest BCUT2D eigenvalue weighted by Gasteiger charge is -2.42. The fraction of sp³-hybridized carbons (Fsp3) is 0.949. The summed E-state index contributed by atoms with van der Waals surface area (Å²) in [4.78, 5) is 25.4. The summed E-state index contributed by atoms with van der Waals surface area (Å²) >= 11 is 0. The first-order chi connectivity index (χ1) is 26.0. The van der Waals surface area contributed by atoms with Crippen LogP contribution < -0.4 is 0 Å². The number of esters is 2. The Balaban J connectivity index is 1.90. The van der Waals surface area contributed by atoms with Crippen LogP contribution in [0.15, 0.2) is 0 Å². The second-order valence-electron chi connectivity index (χ2n) is 14.8. The van der Waals surface area contributed by atoms with Crippen molar-refractivity contribution < 1.29 is 73.8 Å². The van der Waals surface area contributed by atoms with Gasteiger partial charge in [0.2, 0.25) is 0 Å². The molecule has 0 radical (unpaired) electrons. The van der Waals surface area contributed by atoms with Crippen molar-refractivity contribution in [3.63, 3.8) is 0 Å². The number of hydrogen-bond acceptors (Lipinski definition) is 15. The van der Waals surface area contributed by atoms with E-state index in [0.29, 0.717) is 12.8 Å². The third-order valence-corrected chi connectivity index (χ3v) is 10.1. The average Bonchev–Trinajstić information content (AvgIpc) is 3.16. The van der Waals surface area contributed by atoms with Gasteiger partial charge in [0.1, 0.15) is 55.4 Å². The minimum absolute atomic E-state index is 0.170. The van der Waals surface area contributed by atoms with Gasteiger partial charge in [0, 0.05) is 12.8 Å². The van der Waals surface area contributed by atoms with E-state index in [9.17, 15) is 45.3 Å². The van der Waals surface area contributed by atoms with Gasteiger partial charge in [0.05, 0.1) is 19.8 Å². The molecule has 2 heterocycles. The van der Waals surface area contributed by atoms with E-state index >= 15 is 0 Å². The van der Waals surface area contributed by atoms with Crippen LogP contribution in [0.2, 0.25) is 0 Å². The van der Waals surface area contributed by atoms with Crippen LogP contribution in [0.4, 0.5) is 0 Å². The fourth-order valence-corrected chi connectivity index (χ4v) is 6.57. The van der Waals surface area contributed by atoms with Crippen molar-refractivity contribution in [3.05, 3.63) is 0 Å². The number of aliphatic hydroxyl groups is 7. The summed E-state index contributed by atoms with van der Waals surface area (Å²) in [5.41, 5.74) is 0. The molecule has 318 valence electrons. The van der Waals surface area contributed by atoms with Crippen molar-refractivity contribution in [2.24, 2.45) is 0 Å². The van der Waals surface area contributed by atoms with Crippen LogP contribution in [0.5, 0.6) is 0 Å². The van der Waals surface area contributed by atoms with Gasteiger partial charge in [-0.2, -0.15) is 0 Å². The molecule has 7 N–H and O–H groups in total. The number of unbranched alkanes of at least 4 members (excludes halogenated alkanes) is 16. The Kier molecular flexibility index (Phi) is 26.0. The van der Waals surface area contributed by atoms with Crippen LogP contribution in [0, 0.1) is 0 Å². The number of hydrogen-bond donors (Lipinski definition) is 7. The molecule has 0 aromatic heterocycles. The number of ether oxygens (including phenoxy) is 6. The second-order valence-corrected chi connectivity index (χ2v) is 14.8. The number of carbonyl (C=O) groups excluding carboxylic acids is 2. The summed E-state index contributed by atoms with van der Waals surface area (Å²) in [6, 6.07) is 0. The first-order valence-corrected chi connectivity index (χ1v) is 20.6. The molecule has 0 aliphatic carbocycles. The maximum Gasteiger partial charge on any atom is 0.306 e. The minimum atomic E-state index is -1.76. The van der Waals surface area contributed by atoms with E-state index < -0.39 is 92.7 Å². The first-order valence-electron chi connectivity index (χ1n) is 20.6. The highest BCUT2D eigenvalue weighted by Gasteiger charge is 2.47. The van der Waals surface area contributed by atoms with Gasteiger partial charge in [-0.25, -0.2) is 0 Å². The van der Waals surface area contributed by atoms with Crippen molar-refractivity contribution >= 4 is 11.9 Å². The molecule has 2 fully saturated rings. The van der Waals surface area contributed by atoms with E-state index in [1.165, 1.54) is 64.2 Å². The monoisotopic (exact) mass is 780 g/mol. The van der Waals surface area contributed by atoms with E-state index in [2.05, 4.69) is 13.8 Å². The van der Waals surface area contributed by atoms with E-state index in [1.807, 2.05) is 0 Å². The van der Waals surface area contributed by atoms with Crippen LogP contribution in [-0.4, -0.2) is 142 Å². The van der Waals surface area contributed by atoms with Gasteiger partial charge < -0.3 is 64.2 Å². The highest BCUT2D eigenvalue weighted by atomic mass is 16.7. The zero-order valence-electron chi connectivity index (χ0n) is 32.7. The Hall–Kier alpha value is -1.50. The predicted molar refractivity (Wildman–Crippen MR) is 197 cm³/mol. The average molecular weight is 781 g/mol. The molecule has 0 bridgehead atoms. The third-order valence-electron chi connectivity index (χ3n) is 10.1. The van der Waals surface area contributed by atoms with E-state index in [4.69, 9.17) is 28.4 Å². The third kappa shape index (κ3) is 18.6. The van der Waals surface area contributed by atoms with Crippen LogP contribution in [0.25, 0.3) is 0 Å². The Labute approximate surface area is 321 Å². The van der Waals surface area contributed by atoms with E-state index in [1.54, 1.807) is 0 Å². The van der Waals surface area contributed by atoms with Crippen LogP contribution in [0.3, 0.4) is 0 Å². The molecule has 2 aliphatic rings. The molecule has 2 saturated heterocycles. The maximum atomic E-state index is 12.8. The lowest BCUT2D eigenvalue weighted by atomic mass is 9.98. The van der Waals surface area contributed by atoms with Gasteiger partial charge in [0.25, 0.3) is 0 Å². The quantitative estimate of drug-likeness (QED) is 0.0411. The summed E-state index contributed by atoms with van der Waals surface area (Å²) in [7, 11) is 0. The van der Waals surface area contributed by atoms with E-state index in [0.717, 1.165) is 38.5 Å². The van der Waals surface area contributed by atoms with E-state index in [-0.39, 0.29) is 26.1 Å². The summed E-state index contributed by atoms with van der Waals surface area (Å²) in [6.45, 7) is 2.51. The van der Waals surface area contributed by atoms with Gasteiger partial charge in [-0.3, -0.25) is 9.59 Å². The first kappa shape index (κ1) is 48.6. The van der Waals surface area contributed by atoms with Crippen molar-refractivity contribution in [1.29, 1.82) is 0 Å². The molecule has 2 rings (SSSR count). The Bertz CT molecular complexity index is 970. The van der Waals surface area contributed by atoms with Gasteiger partial charge >= 0.3 is 11.9 Å². The fourth-order valence-electron chi connectivity index (χ4n) is 6.57. The van der Waals surface area contributed by atoms with Crippen molar-refractivity contribution in [3.8, 4) is 0 Å². The normalized spacial score (nSPS) is 29.2. The summed E-state index contributed by atoms with van der Waals surface area (Å²) < 4.78 is 33.3. The summed E-state index contributed by atoms with van der Waals surface area (Å²) in [5, 5.41) is 71.5. The molecule has 0 aromatic rings. The Morgan fingerprint density at radius 2 is 0.944 bits per heavy atom. The molecule has 0 spiro atoms. The second kappa shape index (κ2) is 28.8. The Morgan fingerprint density at radius 3 is 1.44 bits per heavy atom. The zero-order chi connectivity index (χ0) is 39.7. The maximum absolute atomic E-state index is 12.8. The zero-order valence-corrected chi connectivity index (χ0v) is 32.7. The molecule has 0 amide bonds. The largest absolute Gasteiger partial charge is 0.462 e. The molecular weight excluding hydrogens is 708 g/mol. The smallest absolute Gasteiger partial charge is 0.306 e. The standard InChI is InChI=1S/C39H72O15/c1-3-5-7-9-11-13-15-17-19-21-30(41)49-24-27(52-31(42)22-20-18-16-14-12-10-8-6-4-2)25-50-38-37(48)35(46)33(44)29(54-38)26-51-39-36(47)34(45)32(43)28(23-40)53-39/h27-29,32-40,43-48H,3-26H2,1-2H3/t27-,28+,29+,32-,33-,34-,35-,36+,37+,38+,39-/m0/s1.